The number of benzene rings is 3. The number of amides is 3. The lowest BCUT2D eigenvalue weighted by molar-refractivity contribution is 0.0923. The van der Waals surface area contributed by atoms with Crippen LogP contribution in [0.4, 0.5) is 21.0 Å². The number of alkyl carbamates (subject to hydrolysis) is 1. The highest BCUT2D eigenvalue weighted by molar-refractivity contribution is 6.00. The van der Waals surface area contributed by atoms with Gasteiger partial charge in [-0.1, -0.05) is 42.5 Å². The summed E-state index contributed by atoms with van der Waals surface area (Å²) in [6, 6.07) is 22.1. The zero-order valence-electron chi connectivity index (χ0n) is 21.4. The Morgan fingerprint density at radius 3 is 2.47 bits per heavy atom. The number of aryl methyl sites for hydroxylation is 1. The Bertz CT molecular complexity index is 1340. The monoisotopic (exact) mass is 513 g/mol. The minimum Gasteiger partial charge on any atom is -0.444 e. The standard InChI is InChI=1S/C29H31N5O4/c1-20-15-24(11-12-25(20)27-18-31-19-37-27)34-28(35)33-23-10-6-7-21(16-23)17-32-29(36)38-26(13-14-30-2)22-8-4-3-5-9-22/h3-12,15-16,18-19,26,30H,13-14,17H2,1-2H3,(H,32,36)(H2,33,34,35). The third-order valence-electron chi connectivity index (χ3n) is 5.88. The molecule has 0 spiro atoms. The molecule has 0 saturated carbocycles. The largest absolute Gasteiger partial charge is 0.444 e. The molecular formula is C29H31N5O4. The highest BCUT2D eigenvalue weighted by atomic mass is 16.6. The molecular weight excluding hydrogens is 482 g/mol. The Hall–Kier alpha value is -4.63. The zero-order valence-corrected chi connectivity index (χ0v) is 21.4. The van der Waals surface area contributed by atoms with E-state index in [1.807, 2.05) is 68.6 Å². The minimum atomic E-state index is -0.504. The molecule has 0 saturated heterocycles. The van der Waals surface area contributed by atoms with Crippen LogP contribution in [0.3, 0.4) is 0 Å². The normalized spacial score (nSPS) is 11.4. The first-order valence-electron chi connectivity index (χ1n) is 12.3. The number of nitrogens with one attached hydrogen (secondary N) is 4. The van der Waals surface area contributed by atoms with Crippen molar-refractivity contribution in [3.63, 3.8) is 0 Å². The predicted molar refractivity (Wildman–Crippen MR) is 147 cm³/mol. The highest BCUT2D eigenvalue weighted by Crippen LogP contribution is 2.26. The maximum atomic E-state index is 12.6. The van der Waals surface area contributed by atoms with E-state index in [0.717, 1.165) is 22.3 Å². The topological polar surface area (TPSA) is 118 Å². The van der Waals surface area contributed by atoms with Gasteiger partial charge >= 0.3 is 12.1 Å². The lowest BCUT2D eigenvalue weighted by Crippen LogP contribution is -2.27. The van der Waals surface area contributed by atoms with Gasteiger partial charge in [0.15, 0.2) is 12.2 Å². The Kier molecular flexibility index (Phi) is 9.09. The molecule has 4 N–H and O–H groups in total. The van der Waals surface area contributed by atoms with Gasteiger partial charge < -0.3 is 30.4 Å². The fourth-order valence-electron chi connectivity index (χ4n) is 4.00. The van der Waals surface area contributed by atoms with E-state index in [0.29, 0.717) is 30.1 Å². The van der Waals surface area contributed by atoms with Gasteiger partial charge in [-0.05, 0) is 67.5 Å². The van der Waals surface area contributed by atoms with Crippen molar-refractivity contribution < 1.29 is 18.7 Å². The van der Waals surface area contributed by atoms with Crippen molar-refractivity contribution in [1.29, 1.82) is 0 Å². The SMILES string of the molecule is CNCCC(OC(=O)NCc1cccc(NC(=O)Nc2ccc(-c3cnco3)c(C)c2)c1)c1ccccc1. The van der Waals surface area contributed by atoms with Gasteiger partial charge in [0.25, 0.3) is 0 Å². The van der Waals surface area contributed by atoms with Crippen molar-refractivity contribution in [2.75, 3.05) is 24.2 Å². The molecule has 0 aliphatic carbocycles. The number of carbonyl (C=O) groups excluding carboxylic acids is 2. The molecule has 4 aromatic rings. The molecule has 4 rings (SSSR count). The maximum absolute atomic E-state index is 12.6. The van der Waals surface area contributed by atoms with Crippen LogP contribution in [-0.2, 0) is 11.3 Å². The molecule has 196 valence electrons. The van der Waals surface area contributed by atoms with E-state index in [-0.39, 0.29) is 18.7 Å². The highest BCUT2D eigenvalue weighted by Gasteiger charge is 2.16. The van der Waals surface area contributed by atoms with Gasteiger partial charge in [-0.2, -0.15) is 0 Å². The predicted octanol–water partition coefficient (Wildman–Crippen LogP) is 5.87. The van der Waals surface area contributed by atoms with Gasteiger partial charge in [-0.25, -0.2) is 14.6 Å². The summed E-state index contributed by atoms with van der Waals surface area (Å²) >= 11 is 0. The summed E-state index contributed by atoms with van der Waals surface area (Å²) in [7, 11) is 1.86. The van der Waals surface area contributed by atoms with E-state index < -0.39 is 6.09 Å². The van der Waals surface area contributed by atoms with E-state index in [4.69, 9.17) is 9.15 Å². The van der Waals surface area contributed by atoms with Crippen molar-refractivity contribution >= 4 is 23.5 Å². The number of oxazole rings is 1. The number of ether oxygens (including phenoxy) is 1. The molecule has 0 bridgehead atoms. The molecule has 3 aromatic carbocycles. The summed E-state index contributed by atoms with van der Waals surface area (Å²) in [6.07, 6.45) is 2.83. The number of carbonyl (C=O) groups is 2. The summed E-state index contributed by atoms with van der Waals surface area (Å²) in [4.78, 5) is 29.0. The number of rotatable bonds is 10. The van der Waals surface area contributed by atoms with Crippen LogP contribution in [0.2, 0.25) is 0 Å². The summed E-state index contributed by atoms with van der Waals surface area (Å²) < 4.78 is 11.0. The van der Waals surface area contributed by atoms with Crippen molar-refractivity contribution in [2.45, 2.75) is 26.0 Å². The Balaban J connectivity index is 1.30. The third-order valence-corrected chi connectivity index (χ3v) is 5.88. The van der Waals surface area contributed by atoms with Crippen LogP contribution in [0, 0.1) is 6.92 Å². The molecule has 0 aliphatic rings. The number of hydrogen-bond donors (Lipinski definition) is 4. The average molecular weight is 514 g/mol. The van der Waals surface area contributed by atoms with Gasteiger partial charge in [-0.3, -0.25) is 0 Å². The Labute approximate surface area is 221 Å². The van der Waals surface area contributed by atoms with Gasteiger partial charge in [0.2, 0.25) is 0 Å². The second-order valence-electron chi connectivity index (χ2n) is 8.73. The summed E-state index contributed by atoms with van der Waals surface area (Å²) in [6.45, 7) is 2.91. The van der Waals surface area contributed by atoms with Crippen molar-refractivity contribution in [1.82, 2.24) is 15.6 Å². The van der Waals surface area contributed by atoms with Crippen LogP contribution in [0.25, 0.3) is 11.3 Å². The molecule has 3 amide bonds. The van der Waals surface area contributed by atoms with Crippen LogP contribution in [-0.4, -0.2) is 30.7 Å². The lowest BCUT2D eigenvalue weighted by atomic mass is 10.1. The smallest absolute Gasteiger partial charge is 0.408 e. The number of hydrogen-bond acceptors (Lipinski definition) is 6. The van der Waals surface area contributed by atoms with Crippen LogP contribution < -0.4 is 21.3 Å². The van der Waals surface area contributed by atoms with E-state index in [2.05, 4.69) is 26.3 Å². The molecule has 38 heavy (non-hydrogen) atoms. The van der Waals surface area contributed by atoms with Crippen LogP contribution in [0.1, 0.15) is 29.2 Å². The second kappa shape index (κ2) is 13.1. The molecule has 1 atom stereocenters. The van der Waals surface area contributed by atoms with E-state index >= 15 is 0 Å². The van der Waals surface area contributed by atoms with Gasteiger partial charge in [-0.15, -0.1) is 0 Å². The average Bonchev–Trinajstić information content (AvgIpc) is 3.45. The van der Waals surface area contributed by atoms with Gasteiger partial charge in [0.05, 0.1) is 6.20 Å². The quantitative estimate of drug-likeness (QED) is 0.211. The molecule has 9 nitrogen and oxygen atoms in total. The summed E-state index contributed by atoms with van der Waals surface area (Å²) in [5.74, 6) is 0.668. The minimum absolute atomic E-state index is 0.256. The molecule has 0 radical (unpaired) electrons. The molecule has 1 unspecified atom stereocenters. The van der Waals surface area contributed by atoms with E-state index in [1.54, 1.807) is 24.4 Å². The number of urea groups is 1. The maximum Gasteiger partial charge on any atom is 0.408 e. The lowest BCUT2D eigenvalue weighted by Gasteiger charge is -2.18. The first-order valence-corrected chi connectivity index (χ1v) is 12.3. The zero-order chi connectivity index (χ0) is 26.7. The van der Waals surface area contributed by atoms with Crippen LogP contribution >= 0.6 is 0 Å². The Morgan fingerprint density at radius 2 is 1.76 bits per heavy atom. The molecule has 0 aliphatic heterocycles. The van der Waals surface area contributed by atoms with Crippen LogP contribution in [0.15, 0.2) is 89.8 Å². The van der Waals surface area contributed by atoms with E-state index in [9.17, 15) is 9.59 Å². The molecule has 9 heteroatoms. The number of aromatic nitrogens is 1. The van der Waals surface area contributed by atoms with Crippen molar-refractivity contribution in [2.24, 2.45) is 0 Å². The Morgan fingerprint density at radius 1 is 0.974 bits per heavy atom. The third kappa shape index (κ3) is 7.44. The first kappa shape index (κ1) is 26.4. The number of anilines is 2. The van der Waals surface area contributed by atoms with Crippen molar-refractivity contribution in [3.05, 3.63) is 102 Å². The van der Waals surface area contributed by atoms with E-state index in [1.165, 1.54) is 6.39 Å². The molecule has 1 heterocycles. The summed E-state index contributed by atoms with van der Waals surface area (Å²) in [5, 5.41) is 11.6. The summed E-state index contributed by atoms with van der Waals surface area (Å²) in [5.41, 5.74) is 4.86. The first-order chi connectivity index (χ1) is 18.5. The molecule has 0 fully saturated rings. The fourth-order valence-corrected chi connectivity index (χ4v) is 4.00. The van der Waals surface area contributed by atoms with Gasteiger partial charge in [0, 0.05) is 29.9 Å². The van der Waals surface area contributed by atoms with Crippen molar-refractivity contribution in [3.8, 4) is 11.3 Å². The van der Waals surface area contributed by atoms with Crippen LogP contribution in [0.5, 0.6) is 0 Å². The molecule has 1 aromatic heterocycles. The van der Waals surface area contributed by atoms with Gasteiger partial charge in [0.1, 0.15) is 6.10 Å². The fraction of sp³-hybridized carbons (Fsp3) is 0.207. The number of nitrogens with zero attached hydrogens (tertiary/aromatic N) is 1. The second-order valence-corrected chi connectivity index (χ2v) is 8.73.